The summed E-state index contributed by atoms with van der Waals surface area (Å²) in [5.74, 6) is 2.65. The lowest BCUT2D eigenvalue weighted by Gasteiger charge is -2.40. The molecule has 0 spiro atoms. The second-order valence-electron chi connectivity index (χ2n) is 7.93. The molecule has 0 saturated carbocycles. The summed E-state index contributed by atoms with van der Waals surface area (Å²) in [5, 5.41) is 3.27. The van der Waals surface area contributed by atoms with E-state index < -0.39 is 0 Å². The van der Waals surface area contributed by atoms with E-state index in [0.717, 1.165) is 47.9 Å². The van der Waals surface area contributed by atoms with Crippen LogP contribution < -0.4 is 19.9 Å². The van der Waals surface area contributed by atoms with Crippen LogP contribution in [0.25, 0.3) is 0 Å². The number of methoxy groups -OCH3 is 1. The van der Waals surface area contributed by atoms with E-state index in [1.54, 1.807) is 25.3 Å². The molecular weight excluding hydrogens is 366 g/mol. The smallest absolute Gasteiger partial charge is 0.249 e. The summed E-state index contributed by atoms with van der Waals surface area (Å²) >= 11 is 0. The molecule has 1 aromatic heterocycles. The van der Waals surface area contributed by atoms with E-state index in [2.05, 4.69) is 29.0 Å². The van der Waals surface area contributed by atoms with E-state index in [9.17, 15) is 4.79 Å². The number of carbonyl (C=O) groups excluding carboxylic acids is 1. The minimum Gasteiger partial charge on any atom is -0.495 e. The zero-order valence-electron chi connectivity index (χ0n) is 18.2. The van der Waals surface area contributed by atoms with Crippen LogP contribution in [-0.2, 0) is 4.79 Å². The van der Waals surface area contributed by atoms with Gasteiger partial charge >= 0.3 is 0 Å². The zero-order valence-corrected chi connectivity index (χ0v) is 18.2. The van der Waals surface area contributed by atoms with E-state index in [4.69, 9.17) is 9.72 Å². The molecule has 1 aliphatic rings. The molecule has 2 aromatic rings. The molecular formula is C22H31N5O2. The van der Waals surface area contributed by atoms with Crippen LogP contribution in [0.2, 0.25) is 0 Å². The van der Waals surface area contributed by atoms with Gasteiger partial charge in [0.25, 0.3) is 0 Å². The van der Waals surface area contributed by atoms with Crippen molar-refractivity contribution in [3.63, 3.8) is 0 Å². The Morgan fingerprint density at radius 2 is 2.07 bits per heavy atom. The number of anilines is 4. The Morgan fingerprint density at radius 3 is 2.72 bits per heavy atom. The van der Waals surface area contributed by atoms with Crippen molar-refractivity contribution in [1.82, 2.24) is 9.97 Å². The highest BCUT2D eigenvalue weighted by atomic mass is 16.5. The van der Waals surface area contributed by atoms with E-state index in [1.807, 2.05) is 32.0 Å². The van der Waals surface area contributed by atoms with Gasteiger partial charge in [-0.15, -0.1) is 0 Å². The molecule has 1 aliphatic heterocycles. The highest BCUT2D eigenvalue weighted by Gasteiger charge is 2.36. The van der Waals surface area contributed by atoms with Gasteiger partial charge in [-0.3, -0.25) is 4.79 Å². The van der Waals surface area contributed by atoms with Gasteiger partial charge in [-0.25, -0.2) is 4.98 Å². The first-order valence-electron chi connectivity index (χ1n) is 10.2. The third-order valence-electron chi connectivity index (χ3n) is 5.31. The molecule has 7 heteroatoms. The fourth-order valence-electron chi connectivity index (χ4n) is 3.57. The predicted octanol–water partition coefficient (Wildman–Crippen LogP) is 4.14. The third kappa shape index (κ3) is 4.28. The van der Waals surface area contributed by atoms with E-state index in [-0.39, 0.29) is 11.9 Å². The van der Waals surface area contributed by atoms with Crippen molar-refractivity contribution in [2.75, 3.05) is 35.8 Å². The Hall–Kier alpha value is -2.83. The maximum Gasteiger partial charge on any atom is 0.249 e. The minimum atomic E-state index is -0.206. The van der Waals surface area contributed by atoms with E-state index >= 15 is 0 Å². The fourth-order valence-corrected chi connectivity index (χ4v) is 3.57. The zero-order chi connectivity index (χ0) is 21.1. The summed E-state index contributed by atoms with van der Waals surface area (Å²) in [7, 11) is 3.44. The van der Waals surface area contributed by atoms with Crippen molar-refractivity contribution in [1.29, 1.82) is 0 Å². The van der Waals surface area contributed by atoms with Crippen LogP contribution in [0, 0.1) is 12.8 Å². The Morgan fingerprint density at radius 1 is 1.31 bits per heavy atom. The van der Waals surface area contributed by atoms with Crippen LogP contribution >= 0.6 is 0 Å². The number of benzene rings is 1. The molecule has 7 nitrogen and oxygen atoms in total. The molecule has 0 radical (unpaired) electrons. The second kappa shape index (κ2) is 8.68. The number of hydrogen-bond donors (Lipinski definition) is 1. The first kappa shape index (κ1) is 20.9. The van der Waals surface area contributed by atoms with E-state index in [0.29, 0.717) is 11.9 Å². The molecule has 156 valence electrons. The van der Waals surface area contributed by atoms with Gasteiger partial charge in [-0.1, -0.05) is 26.8 Å². The topological polar surface area (TPSA) is 70.6 Å². The van der Waals surface area contributed by atoms with Crippen LogP contribution in [0.15, 0.2) is 24.4 Å². The Labute approximate surface area is 173 Å². The van der Waals surface area contributed by atoms with Crippen molar-refractivity contribution in [3.05, 3.63) is 30.0 Å². The van der Waals surface area contributed by atoms with Crippen LogP contribution in [0.4, 0.5) is 23.1 Å². The number of fused-ring (bicyclic) bond motifs is 1. The number of amides is 1. The number of aryl methyl sites for hydroxylation is 1. The fraction of sp³-hybridized carbons (Fsp3) is 0.500. The van der Waals surface area contributed by atoms with E-state index in [1.165, 1.54) is 0 Å². The van der Waals surface area contributed by atoms with Crippen LogP contribution in [0.5, 0.6) is 5.75 Å². The summed E-state index contributed by atoms with van der Waals surface area (Å²) in [6, 6.07) is 5.73. The third-order valence-corrected chi connectivity index (χ3v) is 5.31. The molecule has 1 N–H and O–H groups in total. The first-order valence-corrected chi connectivity index (χ1v) is 10.2. The quantitative estimate of drug-likeness (QED) is 0.757. The molecule has 1 aromatic carbocycles. The summed E-state index contributed by atoms with van der Waals surface area (Å²) in [4.78, 5) is 25.9. The normalized spacial score (nSPS) is 16.2. The largest absolute Gasteiger partial charge is 0.495 e. The summed E-state index contributed by atoms with van der Waals surface area (Å²) in [5.41, 5.74) is 2.66. The molecule has 1 atom stereocenters. The lowest BCUT2D eigenvalue weighted by Crippen LogP contribution is -2.53. The summed E-state index contributed by atoms with van der Waals surface area (Å²) in [6.07, 6.45) is 3.45. The number of hydrogen-bond acceptors (Lipinski definition) is 6. The van der Waals surface area contributed by atoms with Crippen LogP contribution in [-0.4, -0.2) is 42.6 Å². The molecule has 0 bridgehead atoms. The number of aromatic nitrogens is 2. The molecule has 1 amide bonds. The van der Waals surface area contributed by atoms with Crippen molar-refractivity contribution >= 4 is 29.0 Å². The highest BCUT2D eigenvalue weighted by molar-refractivity contribution is 6.04. The molecule has 1 unspecified atom stereocenters. The van der Waals surface area contributed by atoms with Crippen molar-refractivity contribution < 1.29 is 9.53 Å². The Kier molecular flexibility index (Phi) is 6.25. The van der Waals surface area contributed by atoms with Crippen LogP contribution in [0.3, 0.4) is 0 Å². The monoisotopic (exact) mass is 397 g/mol. The summed E-state index contributed by atoms with van der Waals surface area (Å²) in [6.45, 7) is 9.23. The average molecular weight is 398 g/mol. The predicted molar refractivity (Wildman–Crippen MR) is 117 cm³/mol. The number of rotatable bonds is 7. The number of likely N-dealkylation sites (N-methyl/N-ethyl adjacent to an activating group) is 1. The maximum atomic E-state index is 12.9. The first-order chi connectivity index (χ1) is 13.8. The molecule has 3 rings (SSSR count). The average Bonchev–Trinajstić information content (AvgIpc) is 2.70. The molecule has 0 fully saturated rings. The van der Waals surface area contributed by atoms with Gasteiger partial charge in [0, 0.05) is 13.6 Å². The van der Waals surface area contributed by atoms with Crippen molar-refractivity contribution in [2.45, 2.75) is 46.6 Å². The highest BCUT2D eigenvalue weighted by Crippen LogP contribution is 2.36. The second-order valence-corrected chi connectivity index (χ2v) is 7.93. The maximum absolute atomic E-state index is 12.9. The standard InChI is InChI=1S/C22H31N5O2/c1-7-17-21(28)26(5)18-13-23-22(25-20(18)27(17)11-10-14(2)3)24-16-9-8-15(4)12-19(16)29-6/h8-9,12-14,17H,7,10-11H2,1-6H3,(H,23,24,25). The molecule has 29 heavy (non-hydrogen) atoms. The van der Waals surface area contributed by atoms with Gasteiger partial charge in [0.1, 0.15) is 17.5 Å². The van der Waals surface area contributed by atoms with Gasteiger partial charge < -0.3 is 19.9 Å². The molecule has 2 heterocycles. The number of carbonyl (C=O) groups is 1. The van der Waals surface area contributed by atoms with Crippen molar-refractivity contribution in [2.24, 2.45) is 5.92 Å². The lowest BCUT2D eigenvalue weighted by molar-refractivity contribution is -0.120. The number of nitrogens with one attached hydrogen (secondary N) is 1. The van der Waals surface area contributed by atoms with Gasteiger partial charge in [0.05, 0.1) is 19.0 Å². The van der Waals surface area contributed by atoms with Gasteiger partial charge in [0.15, 0.2) is 5.82 Å². The number of nitrogens with zero attached hydrogens (tertiary/aromatic N) is 4. The SMILES string of the molecule is CCC1C(=O)N(C)c2cnc(Nc3ccc(C)cc3OC)nc2N1CCC(C)C. The van der Waals surface area contributed by atoms with Gasteiger partial charge in [-0.2, -0.15) is 4.98 Å². The minimum absolute atomic E-state index is 0.0910. The lowest BCUT2D eigenvalue weighted by atomic mass is 10.0. The summed E-state index contributed by atoms with van der Waals surface area (Å²) < 4.78 is 5.48. The van der Waals surface area contributed by atoms with Gasteiger partial charge in [0.2, 0.25) is 11.9 Å². The number of ether oxygens (including phenoxy) is 1. The molecule has 0 aliphatic carbocycles. The molecule has 0 saturated heterocycles. The van der Waals surface area contributed by atoms with Crippen LogP contribution in [0.1, 0.15) is 39.2 Å². The Bertz CT molecular complexity index is 884. The van der Waals surface area contributed by atoms with Crippen molar-refractivity contribution in [3.8, 4) is 5.75 Å². The Balaban J connectivity index is 1.98. The van der Waals surface area contributed by atoms with Gasteiger partial charge in [-0.05, 0) is 43.4 Å².